The van der Waals surface area contributed by atoms with Crippen molar-refractivity contribution in [3.8, 4) is 0 Å². The Bertz CT molecular complexity index is 247. The maximum Gasteiger partial charge on any atom is 0.0670 e. The van der Waals surface area contributed by atoms with E-state index in [1.807, 2.05) is 0 Å². The highest BCUT2D eigenvalue weighted by Crippen LogP contribution is 2.27. The van der Waals surface area contributed by atoms with Gasteiger partial charge in [-0.15, -0.1) is 0 Å². The summed E-state index contributed by atoms with van der Waals surface area (Å²) in [7, 11) is 1.80. The minimum absolute atomic E-state index is 0.306. The molecule has 3 atom stereocenters. The number of ether oxygens (including phenoxy) is 1. The summed E-state index contributed by atoms with van der Waals surface area (Å²) in [6.45, 7) is 17.0. The molecule has 0 amide bonds. The van der Waals surface area contributed by atoms with Crippen molar-refractivity contribution in [2.45, 2.75) is 59.7 Å². The number of hydrogen-bond donors (Lipinski definition) is 1. The molecular formula is C15H32N2O. The zero-order valence-corrected chi connectivity index (χ0v) is 13.3. The van der Waals surface area contributed by atoms with E-state index in [1.54, 1.807) is 7.11 Å². The van der Waals surface area contributed by atoms with E-state index in [0.29, 0.717) is 29.5 Å². The monoisotopic (exact) mass is 256 g/mol. The minimum atomic E-state index is 0.306. The standard InChI is InChI=1S/C15H32N2O/c1-11(2)13-10-17(9-12(3)18-7)14(8-16-13)15(4,5)6/h11-14,16H,8-10H2,1-7H3. The topological polar surface area (TPSA) is 24.5 Å². The summed E-state index contributed by atoms with van der Waals surface area (Å²) in [6.07, 6.45) is 0.306. The van der Waals surface area contributed by atoms with Crippen LogP contribution in [0.4, 0.5) is 0 Å². The van der Waals surface area contributed by atoms with Crippen molar-refractivity contribution in [1.29, 1.82) is 0 Å². The van der Waals surface area contributed by atoms with E-state index in [0.717, 1.165) is 19.6 Å². The molecule has 3 heteroatoms. The predicted octanol–water partition coefficient (Wildman–Crippen LogP) is 2.37. The molecule has 3 nitrogen and oxygen atoms in total. The van der Waals surface area contributed by atoms with Crippen molar-refractivity contribution in [1.82, 2.24) is 10.2 Å². The highest BCUT2D eigenvalue weighted by molar-refractivity contribution is 4.93. The summed E-state index contributed by atoms with van der Waals surface area (Å²) < 4.78 is 5.45. The molecule has 0 aromatic heterocycles. The number of nitrogens with one attached hydrogen (secondary N) is 1. The van der Waals surface area contributed by atoms with Crippen LogP contribution in [0.3, 0.4) is 0 Å². The molecule has 0 bridgehead atoms. The Labute approximate surface area is 113 Å². The van der Waals surface area contributed by atoms with Crippen LogP contribution in [0.15, 0.2) is 0 Å². The van der Waals surface area contributed by atoms with E-state index < -0.39 is 0 Å². The number of hydrogen-bond acceptors (Lipinski definition) is 3. The molecule has 0 aromatic rings. The van der Waals surface area contributed by atoms with Crippen molar-refractivity contribution < 1.29 is 4.74 Å². The third-order valence-corrected chi connectivity index (χ3v) is 4.14. The van der Waals surface area contributed by atoms with Crippen LogP contribution in [0.2, 0.25) is 0 Å². The number of rotatable bonds is 4. The number of nitrogens with zero attached hydrogens (tertiary/aromatic N) is 1. The van der Waals surface area contributed by atoms with Gasteiger partial charge in [0.05, 0.1) is 6.10 Å². The van der Waals surface area contributed by atoms with Crippen LogP contribution >= 0.6 is 0 Å². The zero-order valence-electron chi connectivity index (χ0n) is 13.3. The maximum absolute atomic E-state index is 5.45. The van der Waals surface area contributed by atoms with Crippen LogP contribution in [0.25, 0.3) is 0 Å². The Morgan fingerprint density at radius 1 is 1.28 bits per heavy atom. The first-order valence-corrected chi connectivity index (χ1v) is 7.26. The second-order valence-corrected chi connectivity index (χ2v) is 7.14. The van der Waals surface area contributed by atoms with Crippen molar-refractivity contribution in [2.24, 2.45) is 11.3 Å². The molecular weight excluding hydrogens is 224 g/mol. The van der Waals surface area contributed by atoms with Gasteiger partial charge in [-0.2, -0.15) is 0 Å². The lowest BCUT2D eigenvalue weighted by Crippen LogP contribution is -2.62. The summed E-state index contributed by atoms with van der Waals surface area (Å²) in [5.41, 5.74) is 0.308. The SMILES string of the molecule is COC(C)CN1CC(C(C)C)NCC1C(C)(C)C. The average molecular weight is 256 g/mol. The van der Waals surface area contributed by atoms with E-state index >= 15 is 0 Å². The van der Waals surface area contributed by atoms with Crippen LogP contribution in [0.5, 0.6) is 0 Å². The van der Waals surface area contributed by atoms with Crippen LogP contribution in [0, 0.1) is 11.3 Å². The molecule has 1 rings (SSSR count). The van der Waals surface area contributed by atoms with E-state index in [9.17, 15) is 0 Å². The lowest BCUT2D eigenvalue weighted by Gasteiger charge is -2.48. The molecule has 1 saturated heterocycles. The Kier molecular flexibility index (Phi) is 5.63. The molecule has 0 radical (unpaired) electrons. The molecule has 1 fully saturated rings. The Hall–Kier alpha value is -0.120. The van der Waals surface area contributed by atoms with Gasteiger partial charge < -0.3 is 10.1 Å². The Morgan fingerprint density at radius 3 is 2.33 bits per heavy atom. The molecule has 1 aliphatic heterocycles. The van der Waals surface area contributed by atoms with Gasteiger partial charge in [0.2, 0.25) is 0 Å². The number of methoxy groups -OCH3 is 1. The van der Waals surface area contributed by atoms with Crippen molar-refractivity contribution in [2.75, 3.05) is 26.7 Å². The van der Waals surface area contributed by atoms with E-state index in [-0.39, 0.29) is 0 Å². The van der Waals surface area contributed by atoms with Crippen molar-refractivity contribution >= 4 is 0 Å². The van der Waals surface area contributed by atoms with Crippen LogP contribution in [-0.2, 0) is 4.74 Å². The van der Waals surface area contributed by atoms with Gasteiger partial charge >= 0.3 is 0 Å². The maximum atomic E-state index is 5.45. The van der Waals surface area contributed by atoms with Crippen molar-refractivity contribution in [3.05, 3.63) is 0 Å². The molecule has 108 valence electrons. The smallest absolute Gasteiger partial charge is 0.0670 e. The third-order valence-electron chi connectivity index (χ3n) is 4.14. The van der Waals surface area contributed by atoms with Gasteiger partial charge in [0.15, 0.2) is 0 Å². The van der Waals surface area contributed by atoms with Gasteiger partial charge in [-0.3, -0.25) is 4.90 Å². The fourth-order valence-electron chi connectivity index (χ4n) is 2.74. The first kappa shape index (κ1) is 15.9. The second kappa shape index (κ2) is 6.36. The first-order valence-electron chi connectivity index (χ1n) is 7.26. The van der Waals surface area contributed by atoms with E-state index in [4.69, 9.17) is 4.74 Å². The van der Waals surface area contributed by atoms with Crippen LogP contribution in [0.1, 0.15) is 41.5 Å². The largest absolute Gasteiger partial charge is 0.380 e. The molecule has 0 aliphatic carbocycles. The number of piperazine rings is 1. The van der Waals surface area contributed by atoms with Crippen molar-refractivity contribution in [3.63, 3.8) is 0 Å². The zero-order chi connectivity index (χ0) is 13.9. The van der Waals surface area contributed by atoms with Gasteiger partial charge in [-0.25, -0.2) is 0 Å². The lowest BCUT2D eigenvalue weighted by molar-refractivity contribution is 0.00163. The van der Waals surface area contributed by atoms with E-state index in [2.05, 4.69) is 51.8 Å². The normalized spacial score (nSPS) is 28.7. The van der Waals surface area contributed by atoms with Gasteiger partial charge in [-0.1, -0.05) is 34.6 Å². The quantitative estimate of drug-likeness (QED) is 0.836. The summed E-state index contributed by atoms with van der Waals surface area (Å²) in [6, 6.07) is 1.19. The van der Waals surface area contributed by atoms with Gasteiger partial charge in [0, 0.05) is 38.8 Å². The molecule has 18 heavy (non-hydrogen) atoms. The second-order valence-electron chi connectivity index (χ2n) is 7.14. The molecule has 1 N–H and O–H groups in total. The third kappa shape index (κ3) is 4.22. The lowest BCUT2D eigenvalue weighted by atomic mass is 9.83. The highest BCUT2D eigenvalue weighted by atomic mass is 16.5. The molecule has 0 saturated carbocycles. The van der Waals surface area contributed by atoms with E-state index in [1.165, 1.54) is 0 Å². The summed E-state index contributed by atoms with van der Waals surface area (Å²) in [4.78, 5) is 2.62. The molecule has 0 spiro atoms. The molecule has 3 unspecified atom stereocenters. The van der Waals surface area contributed by atoms with Gasteiger partial charge in [-0.05, 0) is 18.3 Å². The molecule has 1 aliphatic rings. The molecule has 1 heterocycles. The molecule has 0 aromatic carbocycles. The van der Waals surface area contributed by atoms with Gasteiger partial charge in [0.25, 0.3) is 0 Å². The fourth-order valence-corrected chi connectivity index (χ4v) is 2.74. The Balaban J connectivity index is 2.73. The van der Waals surface area contributed by atoms with Crippen LogP contribution < -0.4 is 5.32 Å². The highest BCUT2D eigenvalue weighted by Gasteiger charge is 2.36. The minimum Gasteiger partial charge on any atom is -0.380 e. The van der Waals surface area contributed by atoms with Crippen LogP contribution in [-0.4, -0.2) is 49.8 Å². The Morgan fingerprint density at radius 2 is 1.89 bits per heavy atom. The summed E-state index contributed by atoms with van der Waals surface area (Å²) in [5.74, 6) is 0.686. The van der Waals surface area contributed by atoms with Gasteiger partial charge in [0.1, 0.15) is 0 Å². The summed E-state index contributed by atoms with van der Waals surface area (Å²) in [5, 5.41) is 3.71. The first-order chi connectivity index (χ1) is 8.25. The average Bonchev–Trinajstić information content (AvgIpc) is 2.27. The summed E-state index contributed by atoms with van der Waals surface area (Å²) >= 11 is 0. The fraction of sp³-hybridized carbons (Fsp3) is 1.00. The predicted molar refractivity (Wildman–Crippen MR) is 77.9 cm³/mol.